The summed E-state index contributed by atoms with van der Waals surface area (Å²) in [4.78, 5) is 12.1. The van der Waals surface area contributed by atoms with E-state index >= 15 is 0 Å². The number of ether oxygens (including phenoxy) is 1. The number of nitrogens with zero attached hydrogens (tertiary/aromatic N) is 1. The first kappa shape index (κ1) is 15.2. The summed E-state index contributed by atoms with van der Waals surface area (Å²) in [5.74, 6) is -0.00862. The van der Waals surface area contributed by atoms with Gasteiger partial charge in [-0.15, -0.1) is 0 Å². The van der Waals surface area contributed by atoms with Crippen molar-refractivity contribution in [2.45, 2.75) is 25.3 Å². The van der Waals surface area contributed by atoms with Gasteiger partial charge < -0.3 is 9.26 Å². The van der Waals surface area contributed by atoms with Crippen LogP contribution < -0.4 is 0 Å². The minimum atomic E-state index is -3.36. The van der Waals surface area contributed by atoms with Gasteiger partial charge in [0.1, 0.15) is 12.4 Å². The van der Waals surface area contributed by atoms with Crippen molar-refractivity contribution in [3.8, 4) is 0 Å². The van der Waals surface area contributed by atoms with Crippen molar-refractivity contribution in [1.29, 1.82) is 0 Å². The molecule has 1 heterocycles. The van der Waals surface area contributed by atoms with E-state index in [1.54, 1.807) is 13.8 Å². The van der Waals surface area contributed by atoms with Crippen molar-refractivity contribution in [2.75, 3.05) is 6.26 Å². The smallest absolute Gasteiger partial charge is 0.338 e. The van der Waals surface area contributed by atoms with Gasteiger partial charge in [0.05, 0.1) is 21.7 Å². The third-order valence-electron chi connectivity index (χ3n) is 3.03. The van der Waals surface area contributed by atoms with E-state index in [1.807, 2.05) is 0 Å². The lowest BCUT2D eigenvalue weighted by Crippen LogP contribution is -2.07. The topological polar surface area (TPSA) is 86.5 Å². The predicted molar refractivity (Wildman–Crippen MR) is 74.6 cm³/mol. The van der Waals surface area contributed by atoms with Gasteiger partial charge in [0, 0.05) is 6.26 Å². The molecule has 0 aliphatic carbocycles. The molecule has 0 amide bonds. The Labute approximate surface area is 122 Å². The van der Waals surface area contributed by atoms with Gasteiger partial charge in [0.25, 0.3) is 0 Å². The summed E-state index contributed by atoms with van der Waals surface area (Å²) in [5.41, 5.74) is 1.55. The van der Waals surface area contributed by atoms with Gasteiger partial charge >= 0.3 is 5.97 Å². The molecule has 2 aromatic rings. The Balaban J connectivity index is 2.15. The maximum atomic E-state index is 12.0. The quantitative estimate of drug-likeness (QED) is 0.803. The van der Waals surface area contributed by atoms with Crippen molar-refractivity contribution in [1.82, 2.24) is 5.16 Å². The van der Waals surface area contributed by atoms with Crippen LogP contribution in [0.3, 0.4) is 0 Å². The van der Waals surface area contributed by atoms with Crippen LogP contribution in [0.2, 0.25) is 0 Å². The molecule has 112 valence electrons. The van der Waals surface area contributed by atoms with E-state index in [2.05, 4.69) is 5.16 Å². The van der Waals surface area contributed by atoms with Gasteiger partial charge in [-0.2, -0.15) is 0 Å². The molecule has 0 aliphatic rings. The minimum Gasteiger partial charge on any atom is -0.457 e. The highest BCUT2D eigenvalue weighted by Crippen LogP contribution is 2.16. The third-order valence-corrected chi connectivity index (χ3v) is 4.14. The maximum Gasteiger partial charge on any atom is 0.338 e. The van der Waals surface area contributed by atoms with Gasteiger partial charge in [-0.25, -0.2) is 13.2 Å². The van der Waals surface area contributed by atoms with Crippen LogP contribution in [0.4, 0.5) is 0 Å². The van der Waals surface area contributed by atoms with E-state index in [-0.39, 0.29) is 17.1 Å². The summed E-state index contributed by atoms with van der Waals surface area (Å²) < 4.78 is 33.1. The normalized spacial score (nSPS) is 11.4. The average Bonchev–Trinajstić information content (AvgIpc) is 2.75. The standard InChI is InChI=1S/C14H15NO5S/c1-9-13(10(2)20-15-9)8-19-14(16)11-5-4-6-12(7-11)21(3,17)18/h4-7H,8H2,1-3H3. The SMILES string of the molecule is Cc1noc(C)c1COC(=O)c1cccc(S(C)(=O)=O)c1. The first-order valence-electron chi connectivity index (χ1n) is 6.18. The lowest BCUT2D eigenvalue weighted by atomic mass is 10.2. The molecule has 0 aliphatic heterocycles. The molecule has 0 atom stereocenters. The van der Waals surface area contributed by atoms with Crippen molar-refractivity contribution < 1.29 is 22.5 Å². The number of aryl methyl sites for hydroxylation is 2. The second kappa shape index (κ2) is 5.69. The molecule has 6 nitrogen and oxygen atoms in total. The monoisotopic (exact) mass is 309 g/mol. The Bertz CT molecular complexity index is 757. The van der Waals surface area contributed by atoms with Gasteiger partial charge in [-0.3, -0.25) is 0 Å². The third kappa shape index (κ3) is 3.49. The molecule has 7 heteroatoms. The molecule has 0 saturated heterocycles. The highest BCUT2D eigenvalue weighted by Gasteiger charge is 2.15. The van der Waals surface area contributed by atoms with Crippen LogP contribution in [0.5, 0.6) is 0 Å². The summed E-state index contributed by atoms with van der Waals surface area (Å²) in [6, 6.07) is 5.73. The molecule has 0 bridgehead atoms. The highest BCUT2D eigenvalue weighted by atomic mass is 32.2. The number of rotatable bonds is 4. The van der Waals surface area contributed by atoms with Crippen LogP contribution in [0.1, 0.15) is 27.4 Å². The fourth-order valence-corrected chi connectivity index (χ4v) is 2.45. The number of carbonyl (C=O) groups is 1. The summed E-state index contributed by atoms with van der Waals surface area (Å²) in [6.07, 6.45) is 1.08. The lowest BCUT2D eigenvalue weighted by molar-refractivity contribution is 0.0470. The van der Waals surface area contributed by atoms with Crippen LogP contribution in [0.15, 0.2) is 33.7 Å². The fraction of sp³-hybridized carbons (Fsp3) is 0.286. The molecule has 0 radical (unpaired) electrons. The molecule has 0 fully saturated rings. The summed E-state index contributed by atoms with van der Waals surface area (Å²) >= 11 is 0. The first-order chi connectivity index (χ1) is 9.79. The zero-order chi connectivity index (χ0) is 15.6. The van der Waals surface area contributed by atoms with E-state index in [4.69, 9.17) is 9.26 Å². The maximum absolute atomic E-state index is 12.0. The van der Waals surface area contributed by atoms with Crippen LogP contribution in [0.25, 0.3) is 0 Å². The predicted octanol–water partition coefficient (Wildman–Crippen LogP) is 2.05. The molecule has 0 saturated carbocycles. The number of hydrogen-bond acceptors (Lipinski definition) is 6. The fourth-order valence-electron chi connectivity index (χ4n) is 1.78. The van der Waals surface area contributed by atoms with Crippen molar-refractivity contribution >= 4 is 15.8 Å². The van der Waals surface area contributed by atoms with E-state index < -0.39 is 15.8 Å². The molecule has 1 aromatic heterocycles. The van der Waals surface area contributed by atoms with E-state index in [0.29, 0.717) is 17.0 Å². The van der Waals surface area contributed by atoms with Gasteiger partial charge in [-0.1, -0.05) is 11.2 Å². The number of hydrogen-bond donors (Lipinski definition) is 0. The zero-order valence-electron chi connectivity index (χ0n) is 11.9. The molecule has 21 heavy (non-hydrogen) atoms. The summed E-state index contributed by atoms with van der Waals surface area (Å²) in [7, 11) is -3.36. The zero-order valence-corrected chi connectivity index (χ0v) is 12.7. The van der Waals surface area contributed by atoms with Crippen LogP contribution >= 0.6 is 0 Å². The molecule has 2 rings (SSSR count). The highest BCUT2D eigenvalue weighted by molar-refractivity contribution is 7.90. The Hall–Kier alpha value is -2.15. The molecule has 0 unspecified atom stereocenters. The van der Waals surface area contributed by atoms with Gasteiger partial charge in [-0.05, 0) is 32.0 Å². The lowest BCUT2D eigenvalue weighted by Gasteiger charge is -2.05. The molecule has 0 spiro atoms. The second-order valence-electron chi connectivity index (χ2n) is 4.68. The number of aromatic nitrogens is 1. The van der Waals surface area contributed by atoms with Gasteiger partial charge in [0.2, 0.25) is 0 Å². The average molecular weight is 309 g/mol. The summed E-state index contributed by atoms with van der Waals surface area (Å²) in [6.45, 7) is 3.51. The number of carbonyl (C=O) groups excluding carboxylic acids is 1. The molecular weight excluding hydrogens is 294 g/mol. The van der Waals surface area contributed by atoms with Crippen LogP contribution in [-0.4, -0.2) is 25.8 Å². The second-order valence-corrected chi connectivity index (χ2v) is 6.69. The Morgan fingerprint density at radius 3 is 2.62 bits per heavy atom. The minimum absolute atomic E-state index is 0.0309. The van der Waals surface area contributed by atoms with E-state index in [0.717, 1.165) is 6.26 Å². The largest absolute Gasteiger partial charge is 0.457 e. The first-order valence-corrected chi connectivity index (χ1v) is 8.07. The molecular formula is C14H15NO5S. The number of esters is 1. The van der Waals surface area contributed by atoms with E-state index in [9.17, 15) is 13.2 Å². The van der Waals surface area contributed by atoms with Crippen molar-refractivity contribution in [2.24, 2.45) is 0 Å². The molecule has 0 N–H and O–H groups in total. The number of sulfone groups is 1. The van der Waals surface area contributed by atoms with Crippen molar-refractivity contribution in [3.63, 3.8) is 0 Å². The Morgan fingerprint density at radius 1 is 1.33 bits per heavy atom. The van der Waals surface area contributed by atoms with Crippen LogP contribution in [-0.2, 0) is 21.2 Å². The Kier molecular flexibility index (Phi) is 4.13. The van der Waals surface area contributed by atoms with Crippen LogP contribution in [0, 0.1) is 13.8 Å². The van der Waals surface area contributed by atoms with E-state index in [1.165, 1.54) is 24.3 Å². The van der Waals surface area contributed by atoms with Crippen molar-refractivity contribution in [3.05, 3.63) is 46.8 Å². The summed E-state index contributed by atoms with van der Waals surface area (Å²) in [5, 5.41) is 3.77. The molecule has 1 aromatic carbocycles. The number of benzene rings is 1. The van der Waals surface area contributed by atoms with Gasteiger partial charge in [0.15, 0.2) is 9.84 Å². The Morgan fingerprint density at radius 2 is 2.05 bits per heavy atom.